The number of carbonyl (C=O) groups excluding carboxylic acids is 3. The molecule has 1 atom stereocenters. The number of carbonyl (C=O) groups is 3. The van der Waals surface area contributed by atoms with Crippen LogP contribution in [0.15, 0.2) is 36.4 Å². The van der Waals surface area contributed by atoms with Crippen molar-refractivity contribution in [2.24, 2.45) is 0 Å². The van der Waals surface area contributed by atoms with Crippen molar-refractivity contribution in [1.29, 1.82) is 0 Å². The van der Waals surface area contributed by atoms with Crippen LogP contribution < -0.4 is 10.6 Å². The number of para-hydroxylation sites is 1. The highest BCUT2D eigenvalue weighted by Crippen LogP contribution is 2.23. The average molecular weight is 479 g/mol. The van der Waals surface area contributed by atoms with Gasteiger partial charge in [0.15, 0.2) is 23.6 Å². The van der Waals surface area contributed by atoms with Crippen LogP contribution >= 0.6 is 11.3 Å². The van der Waals surface area contributed by atoms with Gasteiger partial charge in [0.25, 0.3) is 5.91 Å². The number of nitrogens with zero attached hydrogens (tertiary/aromatic N) is 1. The second kappa shape index (κ2) is 10.9. The van der Waals surface area contributed by atoms with E-state index in [-0.39, 0.29) is 6.42 Å². The van der Waals surface area contributed by atoms with Gasteiger partial charge in [-0.1, -0.05) is 12.1 Å². The van der Waals surface area contributed by atoms with E-state index in [4.69, 9.17) is 4.74 Å². The third-order valence-corrected chi connectivity index (χ3v) is 5.62. The van der Waals surface area contributed by atoms with Gasteiger partial charge in [-0.25, -0.2) is 18.2 Å². The van der Waals surface area contributed by atoms with Crippen LogP contribution in [0.25, 0.3) is 10.2 Å². The van der Waals surface area contributed by atoms with Gasteiger partial charge in [-0.05, 0) is 44.0 Å². The zero-order chi connectivity index (χ0) is 24.0. The number of fused-ring (bicyclic) bond motifs is 1. The quantitative estimate of drug-likeness (QED) is 0.360. The largest absolute Gasteiger partial charge is 0.453 e. The van der Waals surface area contributed by atoms with E-state index < -0.39 is 53.6 Å². The van der Waals surface area contributed by atoms with Crippen LogP contribution in [0, 0.1) is 17.5 Å². The maximum atomic E-state index is 13.6. The average Bonchev–Trinajstić information content (AvgIpc) is 3.20. The molecular weight excluding hydrogens is 459 g/mol. The minimum absolute atomic E-state index is 0.0867. The molecule has 0 fully saturated rings. The number of halogens is 3. The summed E-state index contributed by atoms with van der Waals surface area (Å²) < 4.78 is 45.8. The highest BCUT2D eigenvalue weighted by molar-refractivity contribution is 7.18. The Kier molecular flexibility index (Phi) is 7.99. The first-order valence-electron chi connectivity index (χ1n) is 9.99. The maximum Gasteiger partial charge on any atom is 0.306 e. The van der Waals surface area contributed by atoms with Gasteiger partial charge in [0, 0.05) is 6.42 Å². The number of ether oxygens (including phenoxy) is 1. The first-order chi connectivity index (χ1) is 15.7. The van der Waals surface area contributed by atoms with Gasteiger partial charge in [0.1, 0.15) is 0 Å². The van der Waals surface area contributed by atoms with Gasteiger partial charge in [-0.15, -0.1) is 11.3 Å². The van der Waals surface area contributed by atoms with Crippen molar-refractivity contribution >= 4 is 45.0 Å². The molecule has 1 heterocycles. The second-order valence-electron chi connectivity index (χ2n) is 7.05. The molecule has 1 unspecified atom stereocenters. The van der Waals surface area contributed by atoms with Crippen LogP contribution in [0.2, 0.25) is 0 Å². The lowest BCUT2D eigenvalue weighted by atomic mass is 10.2. The molecule has 0 aliphatic carbocycles. The molecule has 1 aromatic heterocycles. The molecule has 2 amide bonds. The van der Waals surface area contributed by atoms with E-state index >= 15 is 0 Å². The normalized spacial score (nSPS) is 11.8. The number of aromatic nitrogens is 1. The summed E-state index contributed by atoms with van der Waals surface area (Å²) in [6.45, 7) is 0.754. The van der Waals surface area contributed by atoms with E-state index in [9.17, 15) is 27.6 Å². The van der Waals surface area contributed by atoms with Crippen molar-refractivity contribution < 1.29 is 32.3 Å². The maximum absolute atomic E-state index is 13.6. The zero-order valence-corrected chi connectivity index (χ0v) is 18.3. The van der Waals surface area contributed by atoms with Crippen LogP contribution in [0.5, 0.6) is 0 Å². The molecule has 2 N–H and O–H groups in total. The van der Waals surface area contributed by atoms with E-state index in [1.54, 1.807) is 11.3 Å². The first-order valence-corrected chi connectivity index (χ1v) is 10.8. The molecular formula is C22H20F3N3O4S. The van der Waals surface area contributed by atoms with Gasteiger partial charge in [0.05, 0.1) is 27.5 Å². The number of anilines is 1. The fourth-order valence-electron chi connectivity index (χ4n) is 2.85. The number of rotatable bonds is 9. The SMILES string of the molecule is CC(OC(=O)CCCc1nc2ccccc2s1)C(=O)NCC(=O)Nc1ccc(F)c(F)c1F. The lowest BCUT2D eigenvalue weighted by molar-refractivity contribution is -0.154. The molecule has 11 heteroatoms. The number of thiazole rings is 1. The fourth-order valence-corrected chi connectivity index (χ4v) is 3.86. The predicted octanol–water partition coefficient (Wildman–Crippen LogP) is 3.72. The summed E-state index contributed by atoms with van der Waals surface area (Å²) in [6, 6.07) is 9.23. The van der Waals surface area contributed by atoms with E-state index in [1.807, 2.05) is 29.6 Å². The van der Waals surface area contributed by atoms with E-state index in [1.165, 1.54) is 6.92 Å². The van der Waals surface area contributed by atoms with Gasteiger partial charge >= 0.3 is 5.97 Å². The van der Waals surface area contributed by atoms with E-state index in [2.05, 4.69) is 10.3 Å². The molecule has 7 nitrogen and oxygen atoms in total. The number of amides is 2. The minimum atomic E-state index is -1.72. The Balaban J connectivity index is 1.38. The molecule has 0 aliphatic heterocycles. The summed E-state index contributed by atoms with van der Waals surface area (Å²) in [5, 5.41) is 5.14. The first kappa shape index (κ1) is 24.2. The number of esters is 1. The lowest BCUT2D eigenvalue weighted by Crippen LogP contribution is -2.40. The molecule has 0 aliphatic rings. The van der Waals surface area contributed by atoms with Crippen LogP contribution in [-0.2, 0) is 25.5 Å². The Morgan fingerprint density at radius 3 is 2.61 bits per heavy atom. The van der Waals surface area contributed by atoms with E-state index in [0.717, 1.165) is 21.3 Å². The smallest absolute Gasteiger partial charge is 0.306 e. The Morgan fingerprint density at radius 1 is 1.09 bits per heavy atom. The lowest BCUT2D eigenvalue weighted by Gasteiger charge is -2.13. The summed E-state index contributed by atoms with van der Waals surface area (Å²) >= 11 is 1.55. The van der Waals surface area contributed by atoms with Gasteiger partial charge < -0.3 is 15.4 Å². The number of nitrogens with one attached hydrogen (secondary N) is 2. The molecule has 0 radical (unpaired) electrons. The molecule has 174 valence electrons. The van der Waals surface area contributed by atoms with Crippen molar-refractivity contribution in [2.45, 2.75) is 32.3 Å². The summed E-state index contributed by atoms with van der Waals surface area (Å²) in [7, 11) is 0. The Labute approximate surface area is 191 Å². The number of hydrogen-bond donors (Lipinski definition) is 2. The molecule has 0 bridgehead atoms. The summed E-state index contributed by atoms with van der Waals surface area (Å²) in [4.78, 5) is 40.3. The third-order valence-electron chi connectivity index (χ3n) is 4.52. The molecule has 3 aromatic rings. The second-order valence-corrected chi connectivity index (χ2v) is 8.17. The Bertz CT molecular complexity index is 1150. The molecule has 33 heavy (non-hydrogen) atoms. The topological polar surface area (TPSA) is 97.4 Å². The van der Waals surface area contributed by atoms with Gasteiger partial charge in [0.2, 0.25) is 5.91 Å². The van der Waals surface area contributed by atoms with Gasteiger partial charge in [-0.3, -0.25) is 14.4 Å². The summed E-state index contributed by atoms with van der Waals surface area (Å²) in [5.74, 6) is -6.86. The van der Waals surface area contributed by atoms with Crippen LogP contribution in [0.4, 0.5) is 18.9 Å². The third kappa shape index (κ3) is 6.51. The van der Waals surface area contributed by atoms with Crippen molar-refractivity contribution in [2.75, 3.05) is 11.9 Å². The minimum Gasteiger partial charge on any atom is -0.453 e. The van der Waals surface area contributed by atoms with Crippen molar-refractivity contribution in [3.8, 4) is 0 Å². The number of aryl methyl sites for hydroxylation is 1. The molecule has 0 saturated heterocycles. The van der Waals surface area contributed by atoms with Crippen LogP contribution in [0.3, 0.4) is 0 Å². The van der Waals surface area contributed by atoms with Crippen molar-refractivity contribution in [1.82, 2.24) is 10.3 Å². The van der Waals surface area contributed by atoms with Crippen molar-refractivity contribution in [3.05, 3.63) is 58.9 Å². The standard InChI is InChI=1S/C22H20F3N3O4S/c1-12(22(31)26-11-17(29)27-15-10-9-13(23)20(24)21(15)25)32-19(30)8-4-7-18-28-14-5-2-3-6-16(14)33-18/h2-3,5-6,9-10,12H,4,7-8,11H2,1H3,(H,26,31)(H,27,29). The van der Waals surface area contributed by atoms with E-state index in [0.29, 0.717) is 18.9 Å². The highest BCUT2D eigenvalue weighted by Gasteiger charge is 2.20. The Morgan fingerprint density at radius 2 is 1.85 bits per heavy atom. The molecule has 0 saturated carbocycles. The summed E-state index contributed by atoms with van der Waals surface area (Å²) in [6.07, 6.45) is 0.0155. The van der Waals surface area contributed by atoms with Crippen LogP contribution in [0.1, 0.15) is 24.8 Å². The molecule has 0 spiro atoms. The predicted molar refractivity (Wildman–Crippen MR) is 116 cm³/mol. The van der Waals surface area contributed by atoms with Gasteiger partial charge in [-0.2, -0.15) is 0 Å². The zero-order valence-electron chi connectivity index (χ0n) is 17.5. The highest BCUT2D eigenvalue weighted by atomic mass is 32.1. The fraction of sp³-hybridized carbons (Fsp3) is 0.273. The number of benzene rings is 2. The Hall–Kier alpha value is -3.47. The number of hydrogen-bond acceptors (Lipinski definition) is 6. The molecule has 3 rings (SSSR count). The monoisotopic (exact) mass is 479 g/mol. The summed E-state index contributed by atoms with van der Waals surface area (Å²) in [5.41, 5.74) is 0.336. The van der Waals surface area contributed by atoms with Crippen LogP contribution in [-0.4, -0.2) is 35.4 Å². The van der Waals surface area contributed by atoms with Crippen molar-refractivity contribution in [3.63, 3.8) is 0 Å². The molecule has 2 aromatic carbocycles.